The molecule has 1 radical (unpaired) electrons. The summed E-state index contributed by atoms with van der Waals surface area (Å²) in [6.45, 7) is 6.20. The molecule has 0 amide bonds. The Kier molecular flexibility index (Phi) is 3.61. The first-order valence-corrected chi connectivity index (χ1v) is 3.99. The standard InChI is InChI=1S/C10H13O2/c1-3-11-9(2)12-10-7-5-4-6-8-10/h4-9H,2-3H2,1H3. The summed E-state index contributed by atoms with van der Waals surface area (Å²) < 4.78 is 10.4. The summed E-state index contributed by atoms with van der Waals surface area (Å²) in [5, 5.41) is 0. The minimum Gasteiger partial charge on any atom is -0.465 e. The molecule has 0 saturated carbocycles. The Morgan fingerprint density at radius 3 is 2.58 bits per heavy atom. The van der Waals surface area contributed by atoms with Crippen molar-refractivity contribution in [2.45, 2.75) is 13.2 Å². The van der Waals surface area contributed by atoms with E-state index in [2.05, 4.69) is 6.92 Å². The van der Waals surface area contributed by atoms with Gasteiger partial charge >= 0.3 is 0 Å². The molecule has 0 saturated heterocycles. The minimum atomic E-state index is -0.419. The zero-order valence-electron chi connectivity index (χ0n) is 7.19. The lowest BCUT2D eigenvalue weighted by atomic mass is 10.3. The normalized spacial score (nSPS) is 12.5. The lowest BCUT2D eigenvalue weighted by molar-refractivity contribution is -0.0423. The van der Waals surface area contributed by atoms with Crippen molar-refractivity contribution in [1.29, 1.82) is 0 Å². The van der Waals surface area contributed by atoms with Gasteiger partial charge < -0.3 is 9.47 Å². The van der Waals surface area contributed by atoms with Crippen LogP contribution < -0.4 is 4.74 Å². The molecule has 0 aliphatic carbocycles. The van der Waals surface area contributed by atoms with Crippen LogP contribution in [0.3, 0.4) is 0 Å². The zero-order chi connectivity index (χ0) is 8.81. The lowest BCUT2D eigenvalue weighted by Gasteiger charge is -2.13. The number of benzene rings is 1. The Bertz CT molecular complexity index is 208. The van der Waals surface area contributed by atoms with E-state index < -0.39 is 6.29 Å². The molecule has 1 aromatic rings. The molecule has 0 bridgehead atoms. The predicted molar refractivity (Wildman–Crippen MR) is 47.8 cm³/mol. The van der Waals surface area contributed by atoms with Crippen molar-refractivity contribution in [3.63, 3.8) is 0 Å². The van der Waals surface area contributed by atoms with E-state index in [9.17, 15) is 0 Å². The van der Waals surface area contributed by atoms with E-state index in [1.165, 1.54) is 0 Å². The SMILES string of the molecule is [CH2]C(OCC)Oc1ccccc1. The first-order chi connectivity index (χ1) is 5.83. The first-order valence-electron chi connectivity index (χ1n) is 3.99. The fourth-order valence-corrected chi connectivity index (χ4v) is 0.871. The monoisotopic (exact) mass is 165 g/mol. The average Bonchev–Trinajstić information content (AvgIpc) is 2.06. The summed E-state index contributed by atoms with van der Waals surface area (Å²) in [6.07, 6.45) is -0.419. The smallest absolute Gasteiger partial charge is 0.200 e. The maximum Gasteiger partial charge on any atom is 0.200 e. The molecule has 1 rings (SSSR count). The minimum absolute atomic E-state index is 0.419. The average molecular weight is 165 g/mol. The quantitative estimate of drug-likeness (QED) is 0.637. The van der Waals surface area contributed by atoms with E-state index in [4.69, 9.17) is 9.47 Å². The van der Waals surface area contributed by atoms with E-state index in [1.807, 2.05) is 37.3 Å². The predicted octanol–water partition coefficient (Wildman–Crippen LogP) is 2.26. The van der Waals surface area contributed by atoms with Crippen molar-refractivity contribution in [3.05, 3.63) is 37.3 Å². The topological polar surface area (TPSA) is 18.5 Å². The molecule has 1 unspecified atom stereocenters. The van der Waals surface area contributed by atoms with Crippen LogP contribution in [0.2, 0.25) is 0 Å². The van der Waals surface area contributed by atoms with Gasteiger partial charge in [0, 0.05) is 13.5 Å². The van der Waals surface area contributed by atoms with Crippen molar-refractivity contribution < 1.29 is 9.47 Å². The summed E-state index contributed by atoms with van der Waals surface area (Å²) in [5.41, 5.74) is 0. The van der Waals surface area contributed by atoms with E-state index in [-0.39, 0.29) is 0 Å². The van der Waals surface area contributed by atoms with Crippen LogP contribution in [-0.2, 0) is 4.74 Å². The highest BCUT2D eigenvalue weighted by molar-refractivity contribution is 5.21. The molecule has 65 valence electrons. The number of rotatable bonds is 4. The Labute approximate surface area is 73.1 Å². The first kappa shape index (κ1) is 9.07. The van der Waals surface area contributed by atoms with Crippen LogP contribution >= 0.6 is 0 Å². The summed E-state index contributed by atoms with van der Waals surface area (Å²) in [5.74, 6) is 0.783. The highest BCUT2D eigenvalue weighted by Gasteiger charge is 2.00. The Balaban J connectivity index is 2.41. The highest BCUT2D eigenvalue weighted by Crippen LogP contribution is 2.10. The Morgan fingerprint density at radius 1 is 1.33 bits per heavy atom. The summed E-state index contributed by atoms with van der Waals surface area (Å²) in [6, 6.07) is 9.50. The van der Waals surface area contributed by atoms with Crippen LogP contribution in [-0.4, -0.2) is 12.9 Å². The molecular weight excluding hydrogens is 152 g/mol. The molecular formula is C10H13O2. The van der Waals surface area contributed by atoms with Crippen molar-refractivity contribution in [1.82, 2.24) is 0 Å². The second-order valence-corrected chi connectivity index (χ2v) is 2.32. The molecule has 0 N–H and O–H groups in total. The third-order valence-corrected chi connectivity index (χ3v) is 1.36. The van der Waals surface area contributed by atoms with E-state index in [0.29, 0.717) is 6.61 Å². The van der Waals surface area contributed by atoms with Gasteiger partial charge in [-0.2, -0.15) is 0 Å². The molecule has 1 aromatic carbocycles. The van der Waals surface area contributed by atoms with Crippen molar-refractivity contribution in [2.24, 2.45) is 0 Å². The Morgan fingerprint density at radius 2 is 2.00 bits per heavy atom. The van der Waals surface area contributed by atoms with Gasteiger partial charge in [0.1, 0.15) is 5.75 Å². The second-order valence-electron chi connectivity index (χ2n) is 2.32. The van der Waals surface area contributed by atoms with Crippen LogP contribution in [0, 0.1) is 6.92 Å². The molecule has 0 aliphatic heterocycles. The zero-order valence-corrected chi connectivity index (χ0v) is 7.19. The summed E-state index contributed by atoms with van der Waals surface area (Å²) in [4.78, 5) is 0. The molecule has 0 aliphatic rings. The van der Waals surface area contributed by atoms with Gasteiger partial charge in [0.25, 0.3) is 0 Å². The molecule has 12 heavy (non-hydrogen) atoms. The molecule has 1 atom stereocenters. The van der Waals surface area contributed by atoms with E-state index in [1.54, 1.807) is 0 Å². The molecule has 2 nitrogen and oxygen atoms in total. The van der Waals surface area contributed by atoms with Crippen LogP contribution in [0.15, 0.2) is 30.3 Å². The van der Waals surface area contributed by atoms with Crippen LogP contribution in [0.5, 0.6) is 5.75 Å². The fraction of sp³-hybridized carbons (Fsp3) is 0.300. The molecule has 0 fully saturated rings. The highest BCUT2D eigenvalue weighted by atomic mass is 16.7. The third-order valence-electron chi connectivity index (χ3n) is 1.36. The van der Waals surface area contributed by atoms with E-state index >= 15 is 0 Å². The van der Waals surface area contributed by atoms with Crippen molar-refractivity contribution in [3.8, 4) is 5.75 Å². The third kappa shape index (κ3) is 2.93. The fourth-order valence-electron chi connectivity index (χ4n) is 0.871. The van der Waals surface area contributed by atoms with Crippen molar-refractivity contribution in [2.75, 3.05) is 6.61 Å². The number of hydrogen-bond acceptors (Lipinski definition) is 2. The summed E-state index contributed by atoms with van der Waals surface area (Å²) in [7, 11) is 0. The van der Waals surface area contributed by atoms with Gasteiger partial charge in [-0.3, -0.25) is 0 Å². The van der Waals surface area contributed by atoms with Gasteiger partial charge in [-0.15, -0.1) is 0 Å². The van der Waals surface area contributed by atoms with Gasteiger partial charge in [-0.05, 0) is 19.1 Å². The number of ether oxygens (including phenoxy) is 2. The molecule has 0 spiro atoms. The Hall–Kier alpha value is -1.02. The van der Waals surface area contributed by atoms with Gasteiger partial charge in [0.2, 0.25) is 0 Å². The summed E-state index contributed by atoms with van der Waals surface area (Å²) >= 11 is 0. The van der Waals surface area contributed by atoms with Gasteiger partial charge in [-0.25, -0.2) is 0 Å². The van der Waals surface area contributed by atoms with E-state index in [0.717, 1.165) is 5.75 Å². The maximum absolute atomic E-state index is 5.32. The second kappa shape index (κ2) is 4.78. The lowest BCUT2D eigenvalue weighted by Crippen LogP contribution is -2.16. The van der Waals surface area contributed by atoms with Crippen LogP contribution in [0.25, 0.3) is 0 Å². The van der Waals surface area contributed by atoms with Crippen LogP contribution in [0.4, 0.5) is 0 Å². The van der Waals surface area contributed by atoms with Crippen molar-refractivity contribution >= 4 is 0 Å². The number of hydrogen-bond donors (Lipinski definition) is 0. The van der Waals surface area contributed by atoms with Gasteiger partial charge in [0.05, 0.1) is 0 Å². The largest absolute Gasteiger partial charge is 0.465 e. The van der Waals surface area contributed by atoms with Gasteiger partial charge in [-0.1, -0.05) is 18.2 Å². The van der Waals surface area contributed by atoms with Crippen LogP contribution in [0.1, 0.15) is 6.92 Å². The molecule has 0 aromatic heterocycles. The molecule has 0 heterocycles. The number of para-hydroxylation sites is 1. The molecule has 2 heteroatoms. The maximum atomic E-state index is 5.32. The van der Waals surface area contributed by atoms with Gasteiger partial charge in [0.15, 0.2) is 6.29 Å².